The molecule has 0 aliphatic rings. The third kappa shape index (κ3) is 5.38. The molecule has 35 heavy (non-hydrogen) atoms. The molecular weight excluding hydrogens is 503 g/mol. The van der Waals surface area contributed by atoms with Gasteiger partial charge in [-0.15, -0.1) is 11.3 Å². The molecule has 9 heteroatoms. The van der Waals surface area contributed by atoms with Crippen LogP contribution in [0.4, 0.5) is 5.13 Å². The van der Waals surface area contributed by atoms with Gasteiger partial charge in [-0.1, -0.05) is 35.3 Å². The fraction of sp³-hybridized carbons (Fsp3) is 0.0385. The van der Waals surface area contributed by atoms with Crippen molar-refractivity contribution in [3.05, 3.63) is 93.9 Å². The second-order valence-corrected chi connectivity index (χ2v) is 9.13. The first kappa shape index (κ1) is 23.1. The Balaban J connectivity index is 1.30. The van der Waals surface area contributed by atoms with Crippen LogP contribution in [0.15, 0.2) is 83.4 Å². The highest BCUT2D eigenvalue weighted by molar-refractivity contribution is 7.14. The zero-order valence-corrected chi connectivity index (χ0v) is 20.7. The Hall–Kier alpha value is -3.65. The zero-order chi connectivity index (χ0) is 24.2. The quantitative estimate of drug-likeness (QED) is 0.174. The maximum absolute atomic E-state index is 6.15. The molecule has 6 nitrogen and oxygen atoms in total. The average Bonchev–Trinajstić information content (AvgIpc) is 3.34. The van der Waals surface area contributed by atoms with Gasteiger partial charge >= 0.3 is 0 Å². The van der Waals surface area contributed by atoms with Gasteiger partial charge in [0.05, 0.1) is 24.5 Å². The van der Waals surface area contributed by atoms with Gasteiger partial charge in [-0.05, 0) is 60.2 Å². The van der Waals surface area contributed by atoms with Crippen molar-refractivity contribution in [1.29, 1.82) is 0 Å². The molecule has 0 saturated heterocycles. The lowest BCUT2D eigenvalue weighted by Gasteiger charge is -2.12. The minimum atomic E-state index is 0.576. The normalized spacial score (nSPS) is 11.2. The summed E-state index contributed by atoms with van der Waals surface area (Å²) in [6.07, 6.45) is 3.38. The summed E-state index contributed by atoms with van der Waals surface area (Å²) in [5.41, 5.74) is 6.42. The summed E-state index contributed by atoms with van der Waals surface area (Å²) in [5, 5.41) is 9.12. The lowest BCUT2D eigenvalue weighted by atomic mass is 10.2. The molecule has 174 valence electrons. The lowest BCUT2D eigenvalue weighted by molar-refractivity contribution is 0.380. The number of ether oxygens (including phenoxy) is 2. The average molecular weight is 521 g/mol. The predicted octanol–water partition coefficient (Wildman–Crippen LogP) is 7.91. The van der Waals surface area contributed by atoms with Crippen LogP contribution in [0.5, 0.6) is 17.2 Å². The van der Waals surface area contributed by atoms with Crippen LogP contribution in [0, 0.1) is 0 Å². The van der Waals surface area contributed by atoms with Gasteiger partial charge in [-0.3, -0.25) is 10.4 Å². The predicted molar refractivity (Wildman–Crippen MR) is 144 cm³/mol. The van der Waals surface area contributed by atoms with E-state index in [1.165, 1.54) is 11.3 Å². The monoisotopic (exact) mass is 520 g/mol. The van der Waals surface area contributed by atoms with Crippen LogP contribution in [-0.2, 0) is 0 Å². The van der Waals surface area contributed by atoms with E-state index in [0.29, 0.717) is 32.4 Å². The van der Waals surface area contributed by atoms with Crippen LogP contribution in [0.25, 0.3) is 22.2 Å². The largest absolute Gasteiger partial charge is 0.493 e. The molecule has 0 saturated carbocycles. The molecule has 0 bridgehead atoms. The smallest absolute Gasteiger partial charge is 0.203 e. The molecule has 5 aromatic rings. The summed E-state index contributed by atoms with van der Waals surface area (Å²) in [4.78, 5) is 8.91. The summed E-state index contributed by atoms with van der Waals surface area (Å²) in [5.74, 6) is 1.81. The third-order valence-electron chi connectivity index (χ3n) is 5.09. The van der Waals surface area contributed by atoms with Crippen LogP contribution in [0.3, 0.4) is 0 Å². The van der Waals surface area contributed by atoms with Gasteiger partial charge in [0.15, 0.2) is 11.5 Å². The number of thiazole rings is 1. The number of benzene rings is 3. The second kappa shape index (κ2) is 10.3. The Labute approximate surface area is 215 Å². The highest BCUT2D eigenvalue weighted by Gasteiger charge is 2.10. The highest BCUT2D eigenvalue weighted by Crippen LogP contribution is 2.35. The van der Waals surface area contributed by atoms with E-state index in [9.17, 15) is 0 Å². The maximum Gasteiger partial charge on any atom is 0.203 e. The Morgan fingerprint density at radius 1 is 0.914 bits per heavy atom. The van der Waals surface area contributed by atoms with Crippen molar-refractivity contribution < 1.29 is 9.47 Å². The lowest BCUT2D eigenvalue weighted by Crippen LogP contribution is -1.95. The number of anilines is 1. The standard InChI is InChI=1S/C26H18Cl2N4O2S/c1-33-25-12-16(14-30-32-26-31-22(15-35-26)17-3-5-18(27)6-4-17)2-9-24(25)34-23-10-11-29-21-13-19(28)7-8-20(21)23/h2-15H,1H3,(H,31,32)/b30-14+. The van der Waals surface area contributed by atoms with Crippen LogP contribution >= 0.6 is 34.5 Å². The number of nitrogens with one attached hydrogen (secondary N) is 1. The summed E-state index contributed by atoms with van der Waals surface area (Å²) < 4.78 is 11.7. The number of hydrogen-bond donors (Lipinski definition) is 1. The molecular formula is C26H18Cl2N4O2S. The van der Waals surface area contributed by atoms with E-state index in [1.54, 1.807) is 31.7 Å². The minimum absolute atomic E-state index is 0.576. The van der Waals surface area contributed by atoms with Crippen molar-refractivity contribution in [2.45, 2.75) is 0 Å². The van der Waals surface area contributed by atoms with Gasteiger partial charge < -0.3 is 9.47 Å². The molecule has 0 atom stereocenters. The Morgan fingerprint density at radius 3 is 2.57 bits per heavy atom. The van der Waals surface area contributed by atoms with E-state index in [-0.39, 0.29) is 0 Å². The molecule has 5 rings (SSSR count). The van der Waals surface area contributed by atoms with Gasteiger partial charge in [0.2, 0.25) is 5.13 Å². The van der Waals surface area contributed by atoms with Crippen molar-refractivity contribution in [2.24, 2.45) is 5.10 Å². The molecule has 1 N–H and O–H groups in total. The van der Waals surface area contributed by atoms with Gasteiger partial charge in [-0.25, -0.2) is 4.98 Å². The summed E-state index contributed by atoms with van der Waals surface area (Å²) >= 11 is 13.5. The van der Waals surface area contributed by atoms with Crippen LogP contribution < -0.4 is 14.9 Å². The molecule has 0 fully saturated rings. The van der Waals surface area contributed by atoms with Crippen LogP contribution in [0.1, 0.15) is 5.56 Å². The maximum atomic E-state index is 6.15. The minimum Gasteiger partial charge on any atom is -0.493 e. The van der Waals surface area contributed by atoms with Crippen molar-refractivity contribution in [3.8, 4) is 28.5 Å². The zero-order valence-electron chi connectivity index (χ0n) is 18.4. The van der Waals surface area contributed by atoms with E-state index >= 15 is 0 Å². The van der Waals surface area contributed by atoms with Crippen molar-refractivity contribution in [3.63, 3.8) is 0 Å². The van der Waals surface area contributed by atoms with Crippen LogP contribution in [-0.4, -0.2) is 23.3 Å². The second-order valence-electron chi connectivity index (χ2n) is 7.40. The number of hydrazone groups is 1. The molecule has 0 spiro atoms. The molecule has 0 aliphatic carbocycles. The summed E-state index contributed by atoms with van der Waals surface area (Å²) in [7, 11) is 1.60. The summed E-state index contributed by atoms with van der Waals surface area (Å²) in [6.45, 7) is 0. The van der Waals surface area contributed by atoms with Crippen molar-refractivity contribution in [1.82, 2.24) is 9.97 Å². The van der Waals surface area contributed by atoms with Crippen molar-refractivity contribution in [2.75, 3.05) is 12.5 Å². The van der Waals surface area contributed by atoms with Gasteiger partial charge in [0.25, 0.3) is 0 Å². The fourth-order valence-corrected chi connectivity index (χ4v) is 4.35. The molecule has 0 aliphatic heterocycles. The topological polar surface area (TPSA) is 68.6 Å². The first-order chi connectivity index (χ1) is 17.1. The van der Waals surface area contributed by atoms with Crippen LogP contribution in [0.2, 0.25) is 10.0 Å². The molecule has 2 aromatic heterocycles. The van der Waals surface area contributed by atoms with Gasteiger partial charge in [-0.2, -0.15) is 5.10 Å². The molecule has 0 amide bonds. The number of pyridine rings is 1. The number of methoxy groups -OCH3 is 1. The Kier molecular flexibility index (Phi) is 6.81. The highest BCUT2D eigenvalue weighted by atomic mass is 35.5. The van der Waals surface area contributed by atoms with E-state index in [0.717, 1.165) is 27.7 Å². The number of aromatic nitrogens is 2. The molecule has 3 aromatic carbocycles. The number of fused-ring (bicyclic) bond motifs is 1. The van der Waals surface area contributed by atoms with E-state index in [4.69, 9.17) is 32.7 Å². The third-order valence-corrected chi connectivity index (χ3v) is 6.32. The fourth-order valence-electron chi connectivity index (χ4n) is 3.39. The number of hydrogen-bond acceptors (Lipinski definition) is 7. The summed E-state index contributed by atoms with van der Waals surface area (Å²) in [6, 6.07) is 20.4. The van der Waals surface area contributed by atoms with Gasteiger partial charge in [0.1, 0.15) is 5.75 Å². The SMILES string of the molecule is COc1cc(/C=N/Nc2nc(-c3ccc(Cl)cc3)cs2)ccc1Oc1ccnc2cc(Cl)ccc12. The first-order valence-electron chi connectivity index (χ1n) is 10.5. The molecule has 0 unspecified atom stereocenters. The number of rotatable bonds is 7. The van der Waals surface area contributed by atoms with E-state index < -0.39 is 0 Å². The van der Waals surface area contributed by atoms with E-state index in [1.807, 2.05) is 60.0 Å². The first-order valence-corrected chi connectivity index (χ1v) is 12.1. The Bertz CT molecular complexity index is 1520. The van der Waals surface area contributed by atoms with Gasteiger partial charge in [0, 0.05) is 32.6 Å². The molecule has 2 heterocycles. The number of nitrogens with zero attached hydrogens (tertiary/aromatic N) is 3. The van der Waals surface area contributed by atoms with E-state index in [2.05, 4.69) is 20.5 Å². The van der Waals surface area contributed by atoms with Crippen molar-refractivity contribution >= 4 is 56.8 Å². The molecule has 0 radical (unpaired) electrons. The number of halogens is 2. The Morgan fingerprint density at radius 2 is 1.74 bits per heavy atom.